The number of hydrogen-bond donors (Lipinski definition) is 2. The summed E-state index contributed by atoms with van der Waals surface area (Å²) >= 11 is 7.33. The number of anilines is 1. The van der Waals surface area contributed by atoms with E-state index in [0.717, 1.165) is 9.13 Å². The Morgan fingerprint density at radius 2 is 1.83 bits per heavy atom. The number of halogens is 1. The van der Waals surface area contributed by atoms with Crippen LogP contribution in [-0.2, 0) is 0 Å². The number of carbonyl (C=O) groups excluding carboxylic acids is 2. The molecule has 2 aromatic carbocycles. The zero-order chi connectivity index (χ0) is 17.0. The first-order valence-corrected chi connectivity index (χ1v) is 8.35. The highest BCUT2D eigenvalue weighted by atomic mass is 127. The molecule has 0 aliphatic heterocycles. The Morgan fingerprint density at radius 3 is 2.48 bits per heavy atom. The van der Waals surface area contributed by atoms with Crippen molar-refractivity contribution in [1.29, 1.82) is 0 Å². The highest BCUT2D eigenvalue weighted by molar-refractivity contribution is 14.1. The van der Waals surface area contributed by atoms with Crippen LogP contribution in [0.15, 0.2) is 42.5 Å². The number of rotatable bonds is 3. The van der Waals surface area contributed by atoms with Crippen LogP contribution in [0, 0.1) is 10.5 Å². The minimum atomic E-state index is -0.275. The van der Waals surface area contributed by atoms with Crippen molar-refractivity contribution >= 4 is 57.3 Å². The van der Waals surface area contributed by atoms with Gasteiger partial charge in [-0.05, 0) is 78.5 Å². The molecule has 0 radical (unpaired) electrons. The number of thiocarbonyl (C=S) groups is 1. The lowest BCUT2D eigenvalue weighted by atomic mass is 10.1. The molecule has 0 atom stereocenters. The van der Waals surface area contributed by atoms with Gasteiger partial charge in [-0.15, -0.1) is 0 Å². The number of nitrogens with one attached hydrogen (secondary N) is 2. The van der Waals surface area contributed by atoms with E-state index in [2.05, 4.69) is 33.2 Å². The quantitative estimate of drug-likeness (QED) is 0.433. The second-order valence-corrected chi connectivity index (χ2v) is 6.58. The SMILES string of the molecule is CC(=O)c1cccc(NC(=S)NC(=O)c2ccc(C)c(I)c2)c1. The summed E-state index contributed by atoms with van der Waals surface area (Å²) in [5.41, 5.74) is 2.89. The van der Waals surface area contributed by atoms with Gasteiger partial charge in [-0.3, -0.25) is 14.9 Å². The van der Waals surface area contributed by atoms with Gasteiger partial charge >= 0.3 is 0 Å². The van der Waals surface area contributed by atoms with Crippen LogP contribution in [0.5, 0.6) is 0 Å². The zero-order valence-electron chi connectivity index (χ0n) is 12.6. The second kappa shape index (κ2) is 7.65. The van der Waals surface area contributed by atoms with E-state index >= 15 is 0 Å². The van der Waals surface area contributed by atoms with Gasteiger partial charge in [0.2, 0.25) is 0 Å². The van der Waals surface area contributed by atoms with Gasteiger partial charge < -0.3 is 5.32 Å². The Kier molecular flexibility index (Phi) is 5.84. The summed E-state index contributed by atoms with van der Waals surface area (Å²) in [6.45, 7) is 3.48. The summed E-state index contributed by atoms with van der Waals surface area (Å²) in [4.78, 5) is 23.6. The van der Waals surface area contributed by atoms with Gasteiger partial charge in [0, 0.05) is 20.4 Å². The number of carbonyl (C=O) groups is 2. The minimum absolute atomic E-state index is 0.0298. The fourth-order valence-corrected chi connectivity index (χ4v) is 2.61. The Bertz CT molecular complexity index is 790. The highest BCUT2D eigenvalue weighted by Crippen LogP contribution is 2.14. The van der Waals surface area contributed by atoms with Gasteiger partial charge in [0.1, 0.15) is 0 Å². The lowest BCUT2D eigenvalue weighted by Crippen LogP contribution is -2.34. The lowest BCUT2D eigenvalue weighted by Gasteiger charge is -2.11. The van der Waals surface area contributed by atoms with E-state index in [4.69, 9.17) is 12.2 Å². The van der Waals surface area contributed by atoms with Crippen molar-refractivity contribution in [3.63, 3.8) is 0 Å². The van der Waals surface area contributed by atoms with Crippen LogP contribution in [0.2, 0.25) is 0 Å². The lowest BCUT2D eigenvalue weighted by molar-refractivity contribution is 0.0975. The molecule has 0 bridgehead atoms. The molecule has 1 amide bonds. The normalized spacial score (nSPS) is 10.0. The third kappa shape index (κ3) is 4.84. The van der Waals surface area contributed by atoms with E-state index in [1.54, 1.807) is 30.3 Å². The second-order valence-electron chi connectivity index (χ2n) is 5.01. The Balaban J connectivity index is 2.04. The molecule has 0 saturated heterocycles. The molecule has 0 aliphatic rings. The van der Waals surface area contributed by atoms with Crippen molar-refractivity contribution in [1.82, 2.24) is 5.32 Å². The molecule has 6 heteroatoms. The van der Waals surface area contributed by atoms with Gasteiger partial charge in [-0.2, -0.15) is 0 Å². The Labute approximate surface area is 153 Å². The summed E-state index contributed by atoms with van der Waals surface area (Å²) < 4.78 is 1.02. The first-order valence-electron chi connectivity index (χ1n) is 6.86. The summed E-state index contributed by atoms with van der Waals surface area (Å²) in [7, 11) is 0. The number of hydrogen-bond acceptors (Lipinski definition) is 3. The van der Waals surface area contributed by atoms with Crippen molar-refractivity contribution in [3.8, 4) is 0 Å². The van der Waals surface area contributed by atoms with Crippen molar-refractivity contribution in [2.45, 2.75) is 13.8 Å². The van der Waals surface area contributed by atoms with E-state index in [-0.39, 0.29) is 16.8 Å². The standard InChI is InChI=1S/C17H15IN2O2S/c1-10-6-7-13(9-15(10)18)16(22)20-17(23)19-14-5-3-4-12(8-14)11(2)21/h3-9H,1-2H3,(H2,19,20,22,23). The molecule has 2 rings (SSSR count). The maximum absolute atomic E-state index is 12.2. The van der Waals surface area contributed by atoms with E-state index in [9.17, 15) is 9.59 Å². The molecule has 0 spiro atoms. The fraction of sp³-hybridized carbons (Fsp3) is 0.118. The van der Waals surface area contributed by atoms with Crippen LogP contribution in [0.4, 0.5) is 5.69 Å². The van der Waals surface area contributed by atoms with E-state index in [1.807, 2.05) is 19.1 Å². The predicted molar refractivity (Wildman–Crippen MR) is 104 cm³/mol. The summed E-state index contributed by atoms with van der Waals surface area (Å²) in [6, 6.07) is 12.4. The van der Waals surface area contributed by atoms with Gasteiger partial charge in [0.05, 0.1) is 0 Å². The third-order valence-corrected chi connectivity index (χ3v) is 4.55. The summed E-state index contributed by atoms with van der Waals surface area (Å²) in [5, 5.41) is 5.73. The van der Waals surface area contributed by atoms with Crippen molar-refractivity contribution in [2.75, 3.05) is 5.32 Å². The van der Waals surface area contributed by atoms with E-state index in [0.29, 0.717) is 16.8 Å². The Morgan fingerprint density at radius 1 is 1.09 bits per heavy atom. The smallest absolute Gasteiger partial charge is 0.257 e. The molecule has 0 aromatic heterocycles. The molecule has 0 heterocycles. The van der Waals surface area contributed by atoms with Crippen molar-refractivity contribution in [2.24, 2.45) is 0 Å². The summed E-state index contributed by atoms with van der Waals surface area (Å²) in [6.07, 6.45) is 0. The highest BCUT2D eigenvalue weighted by Gasteiger charge is 2.10. The van der Waals surface area contributed by atoms with Gasteiger partial charge in [-0.1, -0.05) is 18.2 Å². The Hall–Kier alpha value is -1.80. The monoisotopic (exact) mass is 438 g/mol. The number of amides is 1. The number of Topliss-reactive ketones (excluding diaryl/α,β-unsaturated/α-hetero) is 1. The zero-order valence-corrected chi connectivity index (χ0v) is 15.6. The van der Waals surface area contributed by atoms with E-state index < -0.39 is 0 Å². The molecular weight excluding hydrogens is 423 g/mol. The summed E-state index contributed by atoms with van der Waals surface area (Å²) in [5.74, 6) is -0.305. The topological polar surface area (TPSA) is 58.2 Å². The average molecular weight is 438 g/mol. The van der Waals surface area contributed by atoms with Gasteiger partial charge in [0.25, 0.3) is 5.91 Å². The molecule has 23 heavy (non-hydrogen) atoms. The molecule has 0 fully saturated rings. The number of benzene rings is 2. The van der Waals surface area contributed by atoms with Crippen LogP contribution in [0.1, 0.15) is 33.2 Å². The maximum atomic E-state index is 12.2. The van der Waals surface area contributed by atoms with Gasteiger partial charge in [0.15, 0.2) is 10.9 Å². The van der Waals surface area contributed by atoms with Crippen LogP contribution < -0.4 is 10.6 Å². The number of ketones is 1. The molecule has 0 aliphatic carbocycles. The molecular formula is C17H15IN2O2S. The molecule has 0 saturated carbocycles. The number of aryl methyl sites for hydroxylation is 1. The molecule has 4 nitrogen and oxygen atoms in total. The molecule has 2 aromatic rings. The minimum Gasteiger partial charge on any atom is -0.332 e. The van der Waals surface area contributed by atoms with Crippen molar-refractivity contribution in [3.05, 3.63) is 62.7 Å². The fourth-order valence-electron chi connectivity index (χ4n) is 1.89. The average Bonchev–Trinajstić information content (AvgIpc) is 2.50. The van der Waals surface area contributed by atoms with Crippen LogP contribution >= 0.6 is 34.8 Å². The predicted octanol–water partition coefficient (Wildman–Crippen LogP) is 3.93. The molecule has 118 valence electrons. The maximum Gasteiger partial charge on any atom is 0.257 e. The largest absolute Gasteiger partial charge is 0.332 e. The first kappa shape index (κ1) is 17.6. The van der Waals surface area contributed by atoms with E-state index in [1.165, 1.54) is 6.92 Å². The van der Waals surface area contributed by atoms with Gasteiger partial charge in [-0.25, -0.2) is 0 Å². The third-order valence-electron chi connectivity index (χ3n) is 3.19. The van der Waals surface area contributed by atoms with Crippen molar-refractivity contribution < 1.29 is 9.59 Å². The van der Waals surface area contributed by atoms with Crippen LogP contribution in [0.25, 0.3) is 0 Å². The van der Waals surface area contributed by atoms with Crippen LogP contribution in [-0.4, -0.2) is 16.8 Å². The first-order chi connectivity index (χ1) is 10.9. The van der Waals surface area contributed by atoms with Crippen LogP contribution in [0.3, 0.4) is 0 Å². The molecule has 0 unspecified atom stereocenters. The molecule has 2 N–H and O–H groups in total.